The second-order valence-electron chi connectivity index (χ2n) is 5.38. The van der Waals surface area contributed by atoms with Crippen molar-refractivity contribution in [2.24, 2.45) is 5.92 Å². The van der Waals surface area contributed by atoms with Crippen LogP contribution in [-0.4, -0.2) is 11.2 Å². The van der Waals surface area contributed by atoms with Crippen molar-refractivity contribution in [3.05, 3.63) is 23.2 Å². The number of thiazole rings is 1. The Morgan fingerprint density at radius 3 is 2.80 bits per heavy atom. The molecule has 108 valence electrons. The molecule has 0 spiro atoms. The summed E-state index contributed by atoms with van der Waals surface area (Å²) in [6.07, 6.45) is -2.26. The summed E-state index contributed by atoms with van der Waals surface area (Å²) in [4.78, 5) is 4.49. The van der Waals surface area contributed by atoms with E-state index in [4.69, 9.17) is 5.73 Å². The van der Waals surface area contributed by atoms with Crippen LogP contribution in [0.4, 0.5) is 18.9 Å². The van der Waals surface area contributed by atoms with Gasteiger partial charge in [-0.3, -0.25) is 0 Å². The van der Waals surface area contributed by atoms with Crippen LogP contribution in [0, 0.1) is 5.92 Å². The van der Waals surface area contributed by atoms with E-state index in [0.29, 0.717) is 12.1 Å². The molecule has 6 heteroatoms. The molecule has 2 unspecified atom stereocenters. The lowest BCUT2D eigenvalue weighted by molar-refractivity contribution is -0.183. The summed E-state index contributed by atoms with van der Waals surface area (Å²) in [6.45, 7) is 0. The van der Waals surface area contributed by atoms with Crippen molar-refractivity contribution >= 4 is 27.2 Å². The zero-order valence-corrected chi connectivity index (χ0v) is 11.6. The Morgan fingerprint density at radius 2 is 2.05 bits per heavy atom. The van der Waals surface area contributed by atoms with Gasteiger partial charge in [-0.05, 0) is 37.5 Å². The second kappa shape index (κ2) is 4.91. The highest BCUT2D eigenvalue weighted by atomic mass is 32.1. The lowest BCUT2D eigenvalue weighted by Crippen LogP contribution is -2.28. The molecule has 20 heavy (non-hydrogen) atoms. The third-order valence-corrected chi connectivity index (χ3v) is 5.10. The number of hydrogen-bond acceptors (Lipinski definition) is 3. The summed E-state index contributed by atoms with van der Waals surface area (Å²) in [7, 11) is 0. The van der Waals surface area contributed by atoms with Crippen molar-refractivity contribution in [1.82, 2.24) is 4.98 Å². The molecule has 1 fully saturated rings. The second-order valence-corrected chi connectivity index (χ2v) is 6.44. The Bertz CT molecular complexity index is 620. The Labute approximate surface area is 118 Å². The standard InChI is InChI=1S/C14H15F3N2S/c15-14(16,17)9-3-1-2-8(6-9)13-19-11-5-4-10(18)7-12(11)20-13/h4-5,7-9H,1-3,6,18H2. The van der Waals surface area contributed by atoms with Crippen LogP contribution in [0.15, 0.2) is 18.2 Å². The number of nitrogen functional groups attached to an aromatic ring is 1. The van der Waals surface area contributed by atoms with E-state index in [9.17, 15) is 13.2 Å². The largest absolute Gasteiger partial charge is 0.399 e. The Balaban J connectivity index is 1.87. The summed E-state index contributed by atoms with van der Waals surface area (Å²) in [5.74, 6) is -1.26. The van der Waals surface area contributed by atoms with E-state index in [0.717, 1.165) is 21.6 Å². The summed E-state index contributed by atoms with van der Waals surface area (Å²) in [5.41, 5.74) is 7.20. The number of nitrogens with two attached hydrogens (primary N) is 1. The molecule has 2 aromatic rings. The predicted molar refractivity (Wildman–Crippen MR) is 74.8 cm³/mol. The normalized spacial score (nSPS) is 24.1. The molecule has 0 aliphatic heterocycles. The summed E-state index contributed by atoms with van der Waals surface area (Å²) in [6, 6.07) is 5.43. The molecule has 2 atom stereocenters. The maximum Gasteiger partial charge on any atom is 0.391 e. The number of benzene rings is 1. The van der Waals surface area contributed by atoms with Gasteiger partial charge in [-0.1, -0.05) is 6.42 Å². The van der Waals surface area contributed by atoms with Gasteiger partial charge in [0.15, 0.2) is 0 Å². The van der Waals surface area contributed by atoms with E-state index in [-0.39, 0.29) is 18.8 Å². The molecule has 1 aromatic carbocycles. The maximum atomic E-state index is 12.9. The minimum absolute atomic E-state index is 0.0750. The van der Waals surface area contributed by atoms with Gasteiger partial charge in [0.05, 0.1) is 21.1 Å². The third-order valence-electron chi connectivity index (χ3n) is 3.92. The summed E-state index contributed by atoms with van der Waals surface area (Å²) < 4.78 is 39.5. The van der Waals surface area contributed by atoms with Crippen LogP contribution in [0.1, 0.15) is 36.6 Å². The molecule has 1 aromatic heterocycles. The minimum Gasteiger partial charge on any atom is -0.399 e. The highest BCUT2D eigenvalue weighted by Gasteiger charge is 2.42. The van der Waals surface area contributed by atoms with Crippen LogP contribution in [0.2, 0.25) is 0 Å². The first-order chi connectivity index (χ1) is 9.43. The van der Waals surface area contributed by atoms with Crippen LogP contribution in [0.5, 0.6) is 0 Å². The van der Waals surface area contributed by atoms with E-state index in [1.807, 2.05) is 12.1 Å². The van der Waals surface area contributed by atoms with Crippen LogP contribution in [-0.2, 0) is 0 Å². The van der Waals surface area contributed by atoms with Crippen LogP contribution < -0.4 is 5.73 Å². The van der Waals surface area contributed by atoms with Gasteiger partial charge in [-0.2, -0.15) is 13.2 Å². The van der Waals surface area contributed by atoms with Gasteiger partial charge in [0.25, 0.3) is 0 Å². The van der Waals surface area contributed by atoms with Crippen molar-refractivity contribution in [2.75, 3.05) is 5.73 Å². The van der Waals surface area contributed by atoms with Crippen LogP contribution >= 0.6 is 11.3 Å². The van der Waals surface area contributed by atoms with Crippen molar-refractivity contribution in [2.45, 2.75) is 37.8 Å². The van der Waals surface area contributed by atoms with Crippen molar-refractivity contribution in [3.63, 3.8) is 0 Å². The number of fused-ring (bicyclic) bond motifs is 1. The molecule has 2 N–H and O–H groups in total. The Hall–Kier alpha value is -1.30. The number of hydrogen-bond donors (Lipinski definition) is 1. The van der Waals surface area contributed by atoms with Crippen LogP contribution in [0.3, 0.4) is 0 Å². The number of rotatable bonds is 1. The van der Waals surface area contributed by atoms with Gasteiger partial charge in [-0.25, -0.2) is 4.98 Å². The molecule has 3 rings (SSSR count). The quantitative estimate of drug-likeness (QED) is 0.774. The SMILES string of the molecule is Nc1ccc2nc(C3CCCC(C(F)(F)F)C3)sc2c1. The van der Waals surface area contributed by atoms with Crippen molar-refractivity contribution in [1.29, 1.82) is 0 Å². The first-order valence-corrected chi connectivity index (χ1v) is 7.48. The number of halogens is 3. The monoisotopic (exact) mass is 300 g/mol. The summed E-state index contributed by atoms with van der Waals surface area (Å²) >= 11 is 1.47. The highest BCUT2D eigenvalue weighted by Crippen LogP contribution is 2.45. The van der Waals surface area contributed by atoms with Gasteiger partial charge < -0.3 is 5.73 Å². The number of alkyl halides is 3. The molecular weight excluding hydrogens is 285 g/mol. The van der Waals surface area contributed by atoms with Crippen molar-refractivity contribution < 1.29 is 13.2 Å². The minimum atomic E-state index is -4.08. The Morgan fingerprint density at radius 1 is 1.25 bits per heavy atom. The number of nitrogens with zero attached hydrogens (tertiary/aromatic N) is 1. The van der Waals surface area contributed by atoms with E-state index >= 15 is 0 Å². The summed E-state index contributed by atoms with van der Waals surface area (Å²) in [5, 5.41) is 0.819. The molecular formula is C14H15F3N2S. The predicted octanol–water partition coefficient (Wildman–Crippen LogP) is 4.71. The third kappa shape index (κ3) is 2.61. The van der Waals surface area contributed by atoms with Gasteiger partial charge >= 0.3 is 6.18 Å². The zero-order valence-electron chi connectivity index (χ0n) is 10.8. The average Bonchev–Trinajstić information content (AvgIpc) is 2.81. The molecule has 1 saturated carbocycles. The molecule has 0 saturated heterocycles. The first-order valence-electron chi connectivity index (χ1n) is 6.66. The fraction of sp³-hybridized carbons (Fsp3) is 0.500. The molecule has 0 radical (unpaired) electrons. The van der Waals surface area contributed by atoms with Gasteiger partial charge in [0.2, 0.25) is 0 Å². The lowest BCUT2D eigenvalue weighted by atomic mass is 9.81. The molecule has 2 nitrogen and oxygen atoms in total. The molecule has 1 aliphatic carbocycles. The van der Waals surface area contributed by atoms with E-state index < -0.39 is 12.1 Å². The van der Waals surface area contributed by atoms with Gasteiger partial charge in [0.1, 0.15) is 0 Å². The zero-order chi connectivity index (χ0) is 14.3. The van der Waals surface area contributed by atoms with Crippen molar-refractivity contribution in [3.8, 4) is 0 Å². The van der Waals surface area contributed by atoms with E-state index in [1.165, 1.54) is 11.3 Å². The van der Waals surface area contributed by atoms with E-state index in [1.54, 1.807) is 6.07 Å². The Kier molecular flexibility index (Phi) is 3.36. The maximum absolute atomic E-state index is 12.9. The fourth-order valence-corrected chi connectivity index (χ4v) is 4.01. The van der Waals surface area contributed by atoms with Gasteiger partial charge in [-0.15, -0.1) is 11.3 Å². The fourth-order valence-electron chi connectivity index (χ4n) is 2.85. The molecule has 1 aliphatic rings. The van der Waals surface area contributed by atoms with E-state index in [2.05, 4.69) is 4.98 Å². The smallest absolute Gasteiger partial charge is 0.391 e. The average molecular weight is 300 g/mol. The number of anilines is 1. The topological polar surface area (TPSA) is 38.9 Å². The molecule has 1 heterocycles. The number of aromatic nitrogens is 1. The first kappa shape index (κ1) is 13.7. The molecule has 0 amide bonds. The van der Waals surface area contributed by atoms with Gasteiger partial charge in [0, 0.05) is 11.6 Å². The van der Waals surface area contributed by atoms with Crippen LogP contribution in [0.25, 0.3) is 10.2 Å². The highest BCUT2D eigenvalue weighted by molar-refractivity contribution is 7.18. The lowest BCUT2D eigenvalue weighted by Gasteiger charge is -2.29. The molecule has 0 bridgehead atoms.